The van der Waals surface area contributed by atoms with Crippen LogP contribution in [0.25, 0.3) is 0 Å². The Balaban J connectivity index is 2.14. The average molecular weight is 409 g/mol. The van der Waals surface area contributed by atoms with Crippen LogP contribution in [0.5, 0.6) is 0 Å². The number of halogens is 1. The highest BCUT2D eigenvalue weighted by Crippen LogP contribution is 2.18. The summed E-state index contributed by atoms with van der Waals surface area (Å²) in [6.45, 7) is 3.51. The first kappa shape index (κ1) is 21.2. The van der Waals surface area contributed by atoms with E-state index in [1.165, 1.54) is 18.4 Å². The van der Waals surface area contributed by atoms with Crippen molar-refractivity contribution in [1.29, 1.82) is 0 Å². The number of nitrogens with one attached hydrogen (secondary N) is 2. The fraction of sp³-hybridized carbons (Fsp3) is 0.316. The van der Waals surface area contributed by atoms with Crippen LogP contribution in [0.2, 0.25) is 5.02 Å². The predicted octanol–water partition coefficient (Wildman–Crippen LogP) is 2.85. The van der Waals surface area contributed by atoms with Gasteiger partial charge in [0, 0.05) is 32.2 Å². The van der Waals surface area contributed by atoms with Crippen molar-refractivity contribution < 1.29 is 8.42 Å². The average Bonchev–Trinajstić information content (AvgIpc) is 2.65. The number of hydrogen-bond acceptors (Lipinski definition) is 3. The van der Waals surface area contributed by atoms with E-state index in [-0.39, 0.29) is 4.90 Å². The van der Waals surface area contributed by atoms with Crippen molar-refractivity contribution in [3.63, 3.8) is 0 Å². The van der Waals surface area contributed by atoms with Gasteiger partial charge in [-0.15, -0.1) is 0 Å². The van der Waals surface area contributed by atoms with E-state index in [2.05, 4.69) is 15.6 Å². The molecule has 0 aromatic heterocycles. The van der Waals surface area contributed by atoms with Crippen molar-refractivity contribution in [2.75, 3.05) is 20.6 Å². The molecule has 0 aliphatic carbocycles. The van der Waals surface area contributed by atoms with Gasteiger partial charge in [0.15, 0.2) is 5.96 Å². The van der Waals surface area contributed by atoms with E-state index in [9.17, 15) is 8.42 Å². The Morgan fingerprint density at radius 3 is 2.37 bits per heavy atom. The molecule has 0 saturated heterocycles. The third-order valence-corrected chi connectivity index (χ3v) is 6.02. The summed E-state index contributed by atoms with van der Waals surface area (Å²) in [6.07, 6.45) is 0. The van der Waals surface area contributed by atoms with E-state index in [1.54, 1.807) is 18.2 Å². The summed E-state index contributed by atoms with van der Waals surface area (Å²) in [7, 11) is -0.457. The molecule has 6 nitrogen and oxygen atoms in total. The lowest BCUT2D eigenvalue weighted by Crippen LogP contribution is -2.37. The third-order valence-electron chi connectivity index (χ3n) is 3.85. The number of hydrogen-bond donors (Lipinski definition) is 2. The van der Waals surface area contributed by atoms with Gasteiger partial charge in [0.2, 0.25) is 10.0 Å². The molecule has 2 rings (SSSR count). The van der Waals surface area contributed by atoms with Gasteiger partial charge in [-0.3, -0.25) is 0 Å². The van der Waals surface area contributed by atoms with Crippen LogP contribution in [0.3, 0.4) is 0 Å². The fourth-order valence-corrected chi connectivity index (χ4v) is 3.62. The molecule has 0 unspecified atom stereocenters. The smallest absolute Gasteiger partial charge is 0.242 e. The second kappa shape index (κ2) is 9.73. The van der Waals surface area contributed by atoms with Crippen LogP contribution < -0.4 is 10.6 Å². The molecule has 0 saturated carbocycles. The molecular weight excluding hydrogens is 384 g/mol. The molecule has 2 aromatic rings. The molecule has 0 spiro atoms. The minimum Gasteiger partial charge on any atom is -0.357 e. The monoisotopic (exact) mass is 408 g/mol. The number of sulfonamides is 1. The van der Waals surface area contributed by atoms with E-state index < -0.39 is 10.0 Å². The van der Waals surface area contributed by atoms with Gasteiger partial charge in [-0.05, 0) is 36.2 Å². The Labute approximate surface area is 166 Å². The lowest BCUT2D eigenvalue weighted by atomic mass is 10.2. The Morgan fingerprint density at radius 1 is 1.07 bits per heavy atom. The standard InChI is InChI=1S/C19H25ClN4O2S/c1-4-21-19(22-13-15-9-11-17(20)12-10-15)23-14-16-7-5-6-8-18(16)27(25,26)24(2)3/h5-12H,4,13-14H2,1-3H3,(H2,21,22,23). The maximum absolute atomic E-state index is 12.5. The van der Waals surface area contributed by atoms with E-state index in [1.807, 2.05) is 37.3 Å². The first-order valence-corrected chi connectivity index (χ1v) is 10.4. The minimum atomic E-state index is -3.51. The van der Waals surface area contributed by atoms with Crippen LogP contribution in [-0.2, 0) is 23.1 Å². The van der Waals surface area contributed by atoms with Crippen LogP contribution in [0.4, 0.5) is 0 Å². The normalized spacial score (nSPS) is 12.3. The molecule has 0 bridgehead atoms. The second-order valence-electron chi connectivity index (χ2n) is 6.07. The molecule has 0 amide bonds. The van der Waals surface area contributed by atoms with Gasteiger partial charge in [0.1, 0.15) is 0 Å². The summed E-state index contributed by atoms with van der Waals surface area (Å²) >= 11 is 5.90. The number of benzene rings is 2. The Kier molecular flexibility index (Phi) is 7.65. The zero-order valence-electron chi connectivity index (χ0n) is 15.7. The lowest BCUT2D eigenvalue weighted by molar-refractivity contribution is 0.519. The molecule has 0 aliphatic rings. The number of rotatable bonds is 7. The van der Waals surface area contributed by atoms with Crippen LogP contribution in [-0.4, -0.2) is 39.3 Å². The summed E-state index contributed by atoms with van der Waals surface area (Å²) in [5, 5.41) is 7.05. The highest BCUT2D eigenvalue weighted by Gasteiger charge is 2.20. The Morgan fingerprint density at radius 2 is 1.74 bits per heavy atom. The van der Waals surface area contributed by atoms with Gasteiger partial charge in [-0.1, -0.05) is 41.9 Å². The van der Waals surface area contributed by atoms with Gasteiger partial charge >= 0.3 is 0 Å². The summed E-state index contributed by atoms with van der Waals surface area (Å²) in [5.74, 6) is 0.615. The summed E-state index contributed by atoms with van der Waals surface area (Å²) in [5.41, 5.74) is 1.72. The number of aliphatic imine (C=N–C) groups is 1. The van der Waals surface area contributed by atoms with Crippen molar-refractivity contribution in [3.05, 3.63) is 64.7 Å². The maximum atomic E-state index is 12.5. The molecule has 2 N–H and O–H groups in total. The fourth-order valence-electron chi connectivity index (χ4n) is 2.38. The van der Waals surface area contributed by atoms with Crippen molar-refractivity contribution in [2.24, 2.45) is 4.99 Å². The van der Waals surface area contributed by atoms with E-state index in [0.717, 1.165) is 5.56 Å². The topological polar surface area (TPSA) is 73.8 Å². The number of nitrogens with zero attached hydrogens (tertiary/aromatic N) is 2. The molecule has 0 radical (unpaired) electrons. The lowest BCUT2D eigenvalue weighted by Gasteiger charge is -2.17. The van der Waals surface area contributed by atoms with Crippen molar-refractivity contribution in [3.8, 4) is 0 Å². The van der Waals surface area contributed by atoms with E-state index in [0.29, 0.717) is 36.2 Å². The third kappa shape index (κ3) is 5.95. The first-order chi connectivity index (χ1) is 12.8. The summed E-state index contributed by atoms with van der Waals surface area (Å²) in [4.78, 5) is 4.83. The molecule has 0 heterocycles. The van der Waals surface area contributed by atoms with Crippen LogP contribution >= 0.6 is 11.6 Å². The maximum Gasteiger partial charge on any atom is 0.242 e. The quantitative estimate of drug-likeness (QED) is 0.545. The van der Waals surface area contributed by atoms with E-state index in [4.69, 9.17) is 11.6 Å². The molecule has 0 atom stereocenters. The van der Waals surface area contributed by atoms with Crippen molar-refractivity contribution in [1.82, 2.24) is 14.9 Å². The predicted molar refractivity (Wildman–Crippen MR) is 110 cm³/mol. The minimum absolute atomic E-state index is 0.288. The highest BCUT2D eigenvalue weighted by molar-refractivity contribution is 7.89. The summed E-state index contributed by atoms with van der Waals surface area (Å²) in [6, 6.07) is 14.5. The van der Waals surface area contributed by atoms with Crippen LogP contribution in [0.1, 0.15) is 18.1 Å². The second-order valence-corrected chi connectivity index (χ2v) is 8.63. The Hall–Kier alpha value is -2.09. The zero-order chi connectivity index (χ0) is 19.9. The van der Waals surface area contributed by atoms with Gasteiger partial charge in [-0.25, -0.2) is 17.7 Å². The molecule has 27 heavy (non-hydrogen) atoms. The van der Waals surface area contributed by atoms with Gasteiger partial charge in [0.25, 0.3) is 0 Å². The van der Waals surface area contributed by atoms with Crippen molar-refractivity contribution >= 4 is 27.6 Å². The molecule has 0 fully saturated rings. The van der Waals surface area contributed by atoms with Crippen LogP contribution in [0.15, 0.2) is 58.4 Å². The zero-order valence-corrected chi connectivity index (χ0v) is 17.3. The van der Waals surface area contributed by atoms with Crippen molar-refractivity contribution in [2.45, 2.75) is 24.9 Å². The molecule has 146 valence electrons. The Bertz CT molecular complexity index is 881. The molecule has 2 aromatic carbocycles. The summed E-state index contributed by atoms with van der Waals surface area (Å²) < 4.78 is 26.2. The first-order valence-electron chi connectivity index (χ1n) is 8.61. The van der Waals surface area contributed by atoms with Crippen LogP contribution in [0, 0.1) is 0 Å². The van der Waals surface area contributed by atoms with E-state index >= 15 is 0 Å². The van der Waals surface area contributed by atoms with Gasteiger partial charge in [0.05, 0.1) is 11.4 Å². The van der Waals surface area contributed by atoms with Gasteiger partial charge < -0.3 is 10.6 Å². The van der Waals surface area contributed by atoms with Gasteiger partial charge in [-0.2, -0.15) is 0 Å². The molecular formula is C19H25ClN4O2S. The molecule has 0 aliphatic heterocycles. The SMILES string of the molecule is CCNC(=NCc1ccc(Cl)cc1)NCc1ccccc1S(=O)(=O)N(C)C. The highest BCUT2D eigenvalue weighted by atomic mass is 35.5. The number of guanidine groups is 1. The molecule has 8 heteroatoms. The largest absolute Gasteiger partial charge is 0.357 e.